The van der Waals surface area contributed by atoms with Crippen LogP contribution in [0.25, 0.3) is 11.0 Å². The van der Waals surface area contributed by atoms with Crippen molar-refractivity contribution in [1.29, 1.82) is 0 Å². The van der Waals surface area contributed by atoms with Gasteiger partial charge in [-0.2, -0.15) is 0 Å². The molecule has 0 atom stereocenters. The largest absolute Gasteiger partial charge is 0.494 e. The molecule has 110 valence electrons. The maximum absolute atomic E-state index is 5.70. The van der Waals surface area contributed by atoms with E-state index in [2.05, 4.69) is 29.6 Å². The number of nitrogens with zero attached hydrogens (tertiary/aromatic N) is 3. The summed E-state index contributed by atoms with van der Waals surface area (Å²) in [5, 5.41) is 0. The third-order valence-electron chi connectivity index (χ3n) is 3.25. The first-order chi connectivity index (χ1) is 9.65. The molecule has 0 spiro atoms. The molecule has 5 nitrogen and oxygen atoms in total. The molecule has 0 saturated carbocycles. The monoisotopic (exact) mass is 276 g/mol. The van der Waals surface area contributed by atoms with Crippen LogP contribution in [0.4, 0.5) is 0 Å². The summed E-state index contributed by atoms with van der Waals surface area (Å²) < 4.78 is 7.80. The van der Waals surface area contributed by atoms with Gasteiger partial charge in [0, 0.05) is 25.6 Å². The quantitative estimate of drug-likeness (QED) is 0.832. The van der Waals surface area contributed by atoms with Crippen LogP contribution in [0, 0.1) is 0 Å². The highest BCUT2D eigenvalue weighted by Gasteiger charge is 2.11. The van der Waals surface area contributed by atoms with Crippen molar-refractivity contribution in [1.82, 2.24) is 14.5 Å². The second-order valence-electron chi connectivity index (χ2n) is 5.11. The van der Waals surface area contributed by atoms with E-state index in [9.17, 15) is 0 Å². The molecule has 0 fully saturated rings. The van der Waals surface area contributed by atoms with Crippen LogP contribution in [-0.4, -0.2) is 48.2 Å². The highest BCUT2D eigenvalue weighted by atomic mass is 16.5. The summed E-state index contributed by atoms with van der Waals surface area (Å²) >= 11 is 0. The fourth-order valence-corrected chi connectivity index (χ4v) is 2.29. The van der Waals surface area contributed by atoms with Crippen molar-refractivity contribution in [2.45, 2.75) is 19.9 Å². The maximum atomic E-state index is 5.70. The molecule has 2 aromatic rings. The van der Waals surface area contributed by atoms with Crippen LogP contribution in [0.3, 0.4) is 0 Å². The second-order valence-corrected chi connectivity index (χ2v) is 5.11. The number of nitrogens with two attached hydrogens (primary N) is 1. The van der Waals surface area contributed by atoms with Gasteiger partial charge in [0.2, 0.25) is 0 Å². The molecule has 2 rings (SSSR count). The zero-order valence-corrected chi connectivity index (χ0v) is 12.6. The topological polar surface area (TPSA) is 56.3 Å². The molecule has 5 heteroatoms. The molecule has 0 aliphatic heterocycles. The van der Waals surface area contributed by atoms with Crippen molar-refractivity contribution in [3.8, 4) is 5.75 Å². The van der Waals surface area contributed by atoms with Crippen LogP contribution in [0.2, 0.25) is 0 Å². The van der Waals surface area contributed by atoms with E-state index in [1.54, 1.807) is 0 Å². The van der Waals surface area contributed by atoms with Crippen LogP contribution < -0.4 is 10.5 Å². The molecule has 0 saturated heterocycles. The lowest BCUT2D eigenvalue weighted by atomic mass is 10.3. The molecule has 0 unspecified atom stereocenters. The highest BCUT2D eigenvalue weighted by Crippen LogP contribution is 2.22. The molecule has 1 aromatic carbocycles. The number of likely N-dealkylation sites (N-methyl/N-ethyl adjacent to an activating group) is 1. The van der Waals surface area contributed by atoms with Gasteiger partial charge in [0.1, 0.15) is 11.6 Å². The molecule has 0 aliphatic rings. The van der Waals surface area contributed by atoms with Crippen molar-refractivity contribution < 1.29 is 4.74 Å². The van der Waals surface area contributed by atoms with Crippen LogP contribution in [0.15, 0.2) is 18.2 Å². The number of hydrogen-bond donors (Lipinski definition) is 1. The number of benzene rings is 1. The Balaban J connectivity index is 2.37. The summed E-state index contributed by atoms with van der Waals surface area (Å²) in [5.74, 6) is 1.93. The summed E-state index contributed by atoms with van der Waals surface area (Å²) in [4.78, 5) is 6.88. The fraction of sp³-hybridized carbons (Fsp3) is 0.533. The maximum Gasteiger partial charge on any atom is 0.121 e. The van der Waals surface area contributed by atoms with Crippen LogP contribution in [-0.2, 0) is 13.0 Å². The number of fused-ring (bicyclic) bond motifs is 1. The van der Waals surface area contributed by atoms with E-state index >= 15 is 0 Å². The lowest BCUT2D eigenvalue weighted by Crippen LogP contribution is -2.20. The van der Waals surface area contributed by atoms with Crippen molar-refractivity contribution in [3.63, 3.8) is 0 Å². The Labute approximate surface area is 120 Å². The minimum absolute atomic E-state index is 0.615. The van der Waals surface area contributed by atoms with E-state index in [1.165, 1.54) is 0 Å². The molecule has 0 aliphatic carbocycles. The standard InChI is InChI=1S/C15H24N4O/c1-4-20-12-5-6-14-13(11-12)17-15(7-8-16)19(14)10-9-18(2)3/h5-6,11H,4,7-10,16H2,1-3H3. The van der Waals surface area contributed by atoms with Crippen molar-refractivity contribution >= 4 is 11.0 Å². The number of rotatable bonds is 7. The summed E-state index contributed by atoms with van der Waals surface area (Å²) in [7, 11) is 4.16. The molecule has 0 radical (unpaired) electrons. The van der Waals surface area contributed by atoms with Crippen molar-refractivity contribution in [3.05, 3.63) is 24.0 Å². The summed E-state index contributed by atoms with van der Waals surface area (Å²) in [5.41, 5.74) is 7.83. The Bertz CT molecular complexity index is 562. The minimum Gasteiger partial charge on any atom is -0.494 e. The first-order valence-corrected chi connectivity index (χ1v) is 7.12. The predicted octanol–water partition coefficient (Wildman–Crippen LogP) is 1.50. The van der Waals surface area contributed by atoms with Gasteiger partial charge in [-0.25, -0.2) is 4.98 Å². The fourth-order valence-electron chi connectivity index (χ4n) is 2.29. The smallest absolute Gasteiger partial charge is 0.121 e. The molecule has 2 N–H and O–H groups in total. The zero-order chi connectivity index (χ0) is 14.5. The summed E-state index contributed by atoms with van der Waals surface area (Å²) in [6, 6.07) is 6.10. The van der Waals surface area contributed by atoms with Gasteiger partial charge < -0.3 is 19.9 Å². The first kappa shape index (κ1) is 14.8. The number of hydrogen-bond acceptors (Lipinski definition) is 4. The Morgan fingerprint density at radius 3 is 2.80 bits per heavy atom. The van der Waals surface area contributed by atoms with Gasteiger partial charge >= 0.3 is 0 Å². The van der Waals surface area contributed by atoms with E-state index in [0.29, 0.717) is 13.2 Å². The first-order valence-electron chi connectivity index (χ1n) is 7.12. The van der Waals surface area contributed by atoms with Gasteiger partial charge in [0.25, 0.3) is 0 Å². The van der Waals surface area contributed by atoms with Gasteiger partial charge in [0.15, 0.2) is 0 Å². The highest BCUT2D eigenvalue weighted by molar-refractivity contribution is 5.77. The lowest BCUT2D eigenvalue weighted by molar-refractivity contribution is 0.340. The van der Waals surface area contributed by atoms with E-state index in [0.717, 1.165) is 42.1 Å². The van der Waals surface area contributed by atoms with Gasteiger partial charge in [-0.1, -0.05) is 0 Å². The molecule has 20 heavy (non-hydrogen) atoms. The van der Waals surface area contributed by atoms with E-state index in [4.69, 9.17) is 15.5 Å². The molecular formula is C15H24N4O. The van der Waals surface area contributed by atoms with Gasteiger partial charge in [-0.15, -0.1) is 0 Å². The third kappa shape index (κ3) is 3.29. The SMILES string of the molecule is CCOc1ccc2c(c1)nc(CCN)n2CCN(C)C. The second kappa shape index (κ2) is 6.72. The summed E-state index contributed by atoms with van der Waals surface area (Å²) in [6.45, 7) is 5.18. The number of imidazole rings is 1. The van der Waals surface area contributed by atoms with Crippen LogP contribution in [0.5, 0.6) is 5.75 Å². The van der Waals surface area contributed by atoms with Crippen molar-refractivity contribution in [2.75, 3.05) is 33.8 Å². The molecule has 0 bridgehead atoms. The zero-order valence-electron chi connectivity index (χ0n) is 12.6. The Hall–Kier alpha value is -1.59. The van der Waals surface area contributed by atoms with E-state index in [1.807, 2.05) is 19.1 Å². The molecular weight excluding hydrogens is 252 g/mol. The Morgan fingerprint density at radius 2 is 2.15 bits per heavy atom. The predicted molar refractivity (Wildman–Crippen MR) is 82.2 cm³/mol. The molecule has 0 amide bonds. The van der Waals surface area contributed by atoms with Gasteiger partial charge in [0.05, 0.1) is 17.6 Å². The average molecular weight is 276 g/mol. The van der Waals surface area contributed by atoms with Crippen molar-refractivity contribution in [2.24, 2.45) is 5.73 Å². The minimum atomic E-state index is 0.615. The van der Waals surface area contributed by atoms with E-state index < -0.39 is 0 Å². The van der Waals surface area contributed by atoms with Crippen LogP contribution >= 0.6 is 0 Å². The van der Waals surface area contributed by atoms with Gasteiger partial charge in [-0.05, 0) is 39.7 Å². The van der Waals surface area contributed by atoms with Crippen LogP contribution in [0.1, 0.15) is 12.7 Å². The number of aromatic nitrogens is 2. The molecule has 1 aromatic heterocycles. The Kier molecular flexibility index (Phi) is 4.98. The third-order valence-corrected chi connectivity index (χ3v) is 3.25. The Morgan fingerprint density at radius 1 is 1.35 bits per heavy atom. The van der Waals surface area contributed by atoms with E-state index in [-0.39, 0.29) is 0 Å². The lowest BCUT2D eigenvalue weighted by Gasteiger charge is -2.13. The number of ether oxygens (including phenoxy) is 1. The van der Waals surface area contributed by atoms with Gasteiger partial charge in [-0.3, -0.25) is 0 Å². The average Bonchev–Trinajstić information content (AvgIpc) is 2.74. The summed E-state index contributed by atoms with van der Waals surface area (Å²) in [6.07, 6.45) is 0.798. The normalized spacial score (nSPS) is 11.4. The molecule has 1 heterocycles.